The molecule has 0 bridgehead atoms. The van der Waals surface area contributed by atoms with E-state index in [-0.39, 0.29) is 39.8 Å². The second-order valence-corrected chi connectivity index (χ2v) is 12.6. The van der Waals surface area contributed by atoms with Crippen LogP contribution in [0.15, 0.2) is 53.6 Å². The summed E-state index contributed by atoms with van der Waals surface area (Å²) < 4.78 is 48.4. The van der Waals surface area contributed by atoms with Gasteiger partial charge in [0.1, 0.15) is 23.2 Å². The third-order valence-corrected chi connectivity index (χ3v) is 7.68. The number of aromatic nitrogens is 2. The van der Waals surface area contributed by atoms with Crippen LogP contribution in [-0.2, 0) is 10.0 Å². The van der Waals surface area contributed by atoms with Gasteiger partial charge in [0, 0.05) is 23.7 Å². The molecule has 1 aliphatic heterocycles. The van der Waals surface area contributed by atoms with Crippen molar-refractivity contribution in [1.82, 2.24) is 14.7 Å². The van der Waals surface area contributed by atoms with E-state index in [1.54, 1.807) is 12.1 Å². The van der Waals surface area contributed by atoms with E-state index in [1.165, 1.54) is 36.4 Å². The number of hydrogen-bond acceptors (Lipinski definition) is 8. The molecule has 39 heavy (non-hydrogen) atoms. The van der Waals surface area contributed by atoms with E-state index in [0.29, 0.717) is 18.3 Å². The van der Waals surface area contributed by atoms with Gasteiger partial charge in [-0.15, -0.1) is 0 Å². The summed E-state index contributed by atoms with van der Waals surface area (Å²) in [7, 11) is -4.34. The summed E-state index contributed by atoms with van der Waals surface area (Å²) in [5.74, 6) is 0.00851. The van der Waals surface area contributed by atoms with Crippen molar-refractivity contribution in [1.29, 1.82) is 0 Å². The summed E-state index contributed by atoms with van der Waals surface area (Å²) in [5, 5.41) is -0.398. The summed E-state index contributed by atoms with van der Waals surface area (Å²) in [5.41, 5.74) is 5.80. The number of benzene rings is 1. The van der Waals surface area contributed by atoms with E-state index in [4.69, 9.17) is 15.5 Å². The predicted octanol–water partition coefficient (Wildman–Crippen LogP) is 4.64. The normalized spacial score (nSPS) is 16.9. The van der Waals surface area contributed by atoms with Crippen LogP contribution in [0, 0.1) is 17.7 Å². The number of pyridine rings is 2. The number of rotatable bonds is 8. The molecule has 1 atom stereocenters. The minimum atomic E-state index is -4.34. The Balaban J connectivity index is 1.80. The van der Waals surface area contributed by atoms with Crippen molar-refractivity contribution in [3.05, 3.63) is 59.9 Å². The van der Waals surface area contributed by atoms with Crippen molar-refractivity contribution in [2.75, 3.05) is 23.8 Å². The van der Waals surface area contributed by atoms with Gasteiger partial charge < -0.3 is 15.4 Å². The topological polar surface area (TPSA) is 128 Å². The lowest BCUT2D eigenvalue weighted by molar-refractivity contribution is 0.0981. The maximum atomic E-state index is 14.7. The Kier molecular flexibility index (Phi) is 7.83. The molecule has 0 saturated carbocycles. The van der Waals surface area contributed by atoms with Crippen LogP contribution >= 0.6 is 0 Å². The number of amides is 1. The van der Waals surface area contributed by atoms with Crippen LogP contribution in [0.25, 0.3) is 11.3 Å². The lowest BCUT2D eigenvalue weighted by Crippen LogP contribution is -2.39. The van der Waals surface area contributed by atoms with Gasteiger partial charge in [0.05, 0.1) is 17.9 Å². The summed E-state index contributed by atoms with van der Waals surface area (Å²) in [6.07, 6.45) is 0.949. The fraction of sp³-hybridized carbons (Fsp3) is 0.393. The smallest absolute Gasteiger partial charge is 0.281 e. The number of ether oxygens (including phenoxy) is 1. The summed E-state index contributed by atoms with van der Waals surface area (Å²) >= 11 is 0. The van der Waals surface area contributed by atoms with Crippen molar-refractivity contribution >= 4 is 27.6 Å². The van der Waals surface area contributed by atoms with Gasteiger partial charge in [-0.1, -0.05) is 26.8 Å². The lowest BCUT2D eigenvalue weighted by Gasteiger charge is -2.33. The van der Waals surface area contributed by atoms with Gasteiger partial charge in [-0.3, -0.25) is 4.79 Å². The second-order valence-electron chi connectivity index (χ2n) is 11.0. The summed E-state index contributed by atoms with van der Waals surface area (Å²) in [4.78, 5) is 24.1. The van der Waals surface area contributed by atoms with Crippen molar-refractivity contribution in [2.24, 2.45) is 11.8 Å². The highest BCUT2D eigenvalue weighted by Gasteiger charge is 2.37. The minimum absolute atomic E-state index is 0.00632. The van der Waals surface area contributed by atoms with E-state index >= 15 is 0 Å². The Morgan fingerprint density at radius 3 is 2.59 bits per heavy atom. The van der Waals surface area contributed by atoms with Gasteiger partial charge in [0.2, 0.25) is 0 Å². The number of nitrogen functional groups attached to an aromatic ring is 1. The fourth-order valence-corrected chi connectivity index (χ4v) is 5.79. The Hall–Kier alpha value is -3.73. The first kappa shape index (κ1) is 28.3. The number of sulfonamides is 1. The van der Waals surface area contributed by atoms with E-state index in [2.05, 4.69) is 30.7 Å². The molecule has 1 aromatic carbocycles. The SMILES string of the molecule is CC(C)COc1cc(F)cc(-c2nc(N3CC(C)CC3(C)C)ccc2C(=O)NS(=O)(=O)c2cccc(N)n2)c1. The van der Waals surface area contributed by atoms with Gasteiger partial charge in [-0.2, -0.15) is 8.42 Å². The lowest BCUT2D eigenvalue weighted by atomic mass is 9.97. The molecule has 11 heteroatoms. The van der Waals surface area contributed by atoms with Gasteiger partial charge >= 0.3 is 0 Å². The standard InChI is InChI=1S/C28H34FN5O4S/c1-17(2)16-38-21-12-19(11-20(29)13-21)26-22(9-10-24(32-26)34-15-18(3)14-28(34,4)5)27(35)33-39(36,37)25-8-6-7-23(30)31-25/h6-13,17-18H,14-16H2,1-5H3,(H2,30,31)(H,33,35). The number of hydrogen-bond donors (Lipinski definition) is 2. The molecule has 1 aliphatic rings. The third-order valence-electron chi connectivity index (χ3n) is 6.45. The molecule has 4 rings (SSSR count). The van der Waals surface area contributed by atoms with E-state index in [9.17, 15) is 17.6 Å². The first-order valence-electron chi connectivity index (χ1n) is 12.8. The number of nitrogens with one attached hydrogen (secondary N) is 1. The van der Waals surface area contributed by atoms with Crippen molar-refractivity contribution in [3.8, 4) is 17.0 Å². The maximum Gasteiger partial charge on any atom is 0.281 e. The Bertz CT molecular complexity index is 1490. The fourth-order valence-electron chi connectivity index (χ4n) is 4.85. The molecule has 1 unspecified atom stereocenters. The number of halogens is 1. The predicted molar refractivity (Wildman–Crippen MR) is 148 cm³/mol. The van der Waals surface area contributed by atoms with E-state index in [1.807, 2.05) is 18.6 Å². The van der Waals surface area contributed by atoms with Gasteiger partial charge in [0.25, 0.3) is 15.9 Å². The summed E-state index contributed by atoms with van der Waals surface area (Å²) in [6.45, 7) is 11.5. The van der Waals surface area contributed by atoms with Crippen LogP contribution in [0.3, 0.4) is 0 Å². The molecule has 1 saturated heterocycles. The molecule has 1 fully saturated rings. The van der Waals surface area contributed by atoms with Crippen LogP contribution in [0.1, 0.15) is 51.4 Å². The molecule has 0 radical (unpaired) electrons. The number of anilines is 2. The molecular weight excluding hydrogens is 521 g/mol. The van der Waals surface area contributed by atoms with Gasteiger partial charge in [-0.25, -0.2) is 19.1 Å². The number of carbonyl (C=O) groups excluding carboxylic acids is 1. The summed E-state index contributed by atoms with van der Waals surface area (Å²) in [6, 6.07) is 11.4. The van der Waals surface area contributed by atoms with Crippen molar-refractivity contribution in [2.45, 2.75) is 51.6 Å². The largest absolute Gasteiger partial charge is 0.493 e. The molecular formula is C28H34FN5O4S. The molecule has 208 valence electrons. The quantitative estimate of drug-likeness (QED) is 0.411. The monoisotopic (exact) mass is 555 g/mol. The zero-order valence-electron chi connectivity index (χ0n) is 22.7. The Morgan fingerprint density at radius 2 is 1.95 bits per heavy atom. The van der Waals surface area contributed by atoms with E-state index in [0.717, 1.165) is 13.0 Å². The zero-order valence-corrected chi connectivity index (χ0v) is 23.5. The second kappa shape index (κ2) is 10.8. The number of nitrogens with zero attached hydrogens (tertiary/aromatic N) is 3. The first-order valence-corrected chi connectivity index (χ1v) is 14.3. The Morgan fingerprint density at radius 1 is 1.21 bits per heavy atom. The third kappa shape index (κ3) is 6.47. The minimum Gasteiger partial charge on any atom is -0.493 e. The molecule has 0 aliphatic carbocycles. The average molecular weight is 556 g/mol. The van der Waals surface area contributed by atoms with Crippen LogP contribution in [0.2, 0.25) is 0 Å². The molecule has 9 nitrogen and oxygen atoms in total. The highest BCUT2D eigenvalue weighted by molar-refractivity contribution is 7.90. The highest BCUT2D eigenvalue weighted by Crippen LogP contribution is 2.37. The number of nitrogens with two attached hydrogens (primary N) is 1. The van der Waals surface area contributed by atoms with Gasteiger partial charge in [-0.05, 0) is 68.5 Å². The van der Waals surface area contributed by atoms with Gasteiger partial charge in [0.15, 0.2) is 5.03 Å². The molecule has 3 N–H and O–H groups in total. The molecule has 3 aromatic rings. The molecule has 1 amide bonds. The van der Waals surface area contributed by atoms with Crippen molar-refractivity contribution in [3.63, 3.8) is 0 Å². The molecule has 0 spiro atoms. The Labute approximate surface area is 228 Å². The zero-order chi connectivity index (χ0) is 28.5. The average Bonchev–Trinajstić information content (AvgIpc) is 3.13. The van der Waals surface area contributed by atoms with Crippen molar-refractivity contribution < 1.29 is 22.3 Å². The molecule has 3 heterocycles. The molecule has 2 aromatic heterocycles. The van der Waals surface area contributed by atoms with Crippen LogP contribution < -0.4 is 20.1 Å². The van der Waals surface area contributed by atoms with E-state index < -0.39 is 26.8 Å². The van der Waals surface area contributed by atoms with Crippen LogP contribution in [0.4, 0.5) is 16.0 Å². The highest BCUT2D eigenvalue weighted by atomic mass is 32.2. The number of carbonyl (C=O) groups is 1. The van der Waals surface area contributed by atoms with Crippen LogP contribution in [-0.4, -0.2) is 43.0 Å². The first-order chi connectivity index (χ1) is 18.2. The van der Waals surface area contributed by atoms with Crippen LogP contribution in [0.5, 0.6) is 5.75 Å². The maximum absolute atomic E-state index is 14.7.